The fourth-order valence-electron chi connectivity index (χ4n) is 3.83. The maximum Gasteiger partial charge on any atom is 0.202 e. The van der Waals surface area contributed by atoms with Crippen molar-refractivity contribution in [2.45, 2.75) is 0 Å². The zero-order chi connectivity index (χ0) is 22.0. The van der Waals surface area contributed by atoms with Crippen molar-refractivity contribution >= 4 is 29.0 Å². The van der Waals surface area contributed by atoms with E-state index in [1.165, 1.54) is 48.5 Å². The molecule has 6 heteroatoms. The summed E-state index contributed by atoms with van der Waals surface area (Å²) in [5.74, 6) is -1.77. The van der Waals surface area contributed by atoms with Gasteiger partial charge in [0.1, 0.15) is 39.2 Å². The Labute approximate surface area is 179 Å². The molecule has 0 saturated carbocycles. The van der Waals surface area contributed by atoms with Crippen LogP contribution in [0.1, 0.15) is 0 Å². The number of nitrogens with zero attached hydrogens (tertiary/aromatic N) is 1. The monoisotopic (exact) mass is 440 g/mol. The lowest BCUT2D eigenvalue weighted by molar-refractivity contribution is 0.628. The molecule has 0 spiro atoms. The first kappa shape index (κ1) is 21.1. The van der Waals surface area contributed by atoms with Gasteiger partial charge in [0.05, 0.1) is 5.69 Å². The predicted octanol–water partition coefficient (Wildman–Crippen LogP) is 5.59. The van der Waals surface area contributed by atoms with Gasteiger partial charge in [0.2, 0.25) is 7.41 Å². The Hall–Kier alpha value is -3.17. The van der Waals surface area contributed by atoms with Gasteiger partial charge in [0, 0.05) is 25.2 Å². The van der Waals surface area contributed by atoms with Crippen molar-refractivity contribution in [3.05, 3.63) is 120 Å². The summed E-state index contributed by atoms with van der Waals surface area (Å²) >= 11 is 0. The lowest BCUT2D eigenvalue weighted by Gasteiger charge is -2.35. The molecule has 0 unspecified atom stereocenters. The topological polar surface area (TPSA) is 3.24 Å². The van der Waals surface area contributed by atoms with Crippen molar-refractivity contribution in [1.29, 1.82) is 0 Å². The third-order valence-electron chi connectivity index (χ3n) is 5.20. The predicted molar refractivity (Wildman–Crippen MR) is 120 cm³/mol. The number of halogens is 4. The molecule has 1 nitrogen and oxygen atoms in total. The second kappa shape index (κ2) is 8.52. The average Bonchev–Trinajstić information content (AvgIpc) is 2.75. The molecule has 0 N–H and O–H groups in total. The van der Waals surface area contributed by atoms with Gasteiger partial charge in [-0.3, -0.25) is 0 Å². The molecule has 31 heavy (non-hydrogen) atoms. The van der Waals surface area contributed by atoms with E-state index in [0.29, 0.717) is 21.6 Å². The number of benzene rings is 4. The number of hydrogen-bond acceptors (Lipinski definition) is 1. The summed E-state index contributed by atoms with van der Waals surface area (Å²) in [6.45, 7) is 0. The van der Waals surface area contributed by atoms with E-state index < -0.39 is 30.7 Å². The number of hydrogen-bond donors (Lipinski definition) is 0. The fraction of sp³-hybridized carbons (Fsp3) is 0.0400. The van der Waals surface area contributed by atoms with Crippen LogP contribution >= 0.6 is 7.41 Å². The van der Waals surface area contributed by atoms with E-state index in [2.05, 4.69) is 0 Å². The molecular formula is C25H19F4NP+. The molecule has 0 radical (unpaired) electrons. The molecule has 0 aliphatic heterocycles. The van der Waals surface area contributed by atoms with E-state index in [4.69, 9.17) is 0 Å². The standard InChI is InChI=1S/C25H19F4NP/c1-30(22-13-11-18(26)12-14-22)31(23-8-2-5-19(27)15-23,24-9-3-6-20(28)16-24)25-10-4-7-21(29)17-25/h2-17H,1H3/q+1. The Morgan fingerprint density at radius 1 is 0.516 bits per heavy atom. The first-order chi connectivity index (χ1) is 14.9. The van der Waals surface area contributed by atoms with E-state index in [1.54, 1.807) is 55.6 Å². The molecule has 0 saturated heterocycles. The van der Waals surface area contributed by atoms with Crippen LogP contribution in [-0.4, -0.2) is 7.05 Å². The van der Waals surface area contributed by atoms with Crippen molar-refractivity contribution in [2.75, 3.05) is 11.7 Å². The first-order valence-corrected chi connectivity index (χ1v) is 11.3. The SMILES string of the molecule is CN(c1ccc(F)cc1)[P+](c1cccc(F)c1)(c1cccc(F)c1)c1cccc(F)c1. The first-order valence-electron chi connectivity index (χ1n) is 9.58. The van der Waals surface area contributed by atoms with Gasteiger partial charge in [-0.15, -0.1) is 0 Å². The Bertz CT molecular complexity index is 1100. The van der Waals surface area contributed by atoms with Crippen LogP contribution in [0.15, 0.2) is 97.1 Å². The minimum Gasteiger partial charge on any atom is -0.237 e. The molecule has 0 atom stereocenters. The van der Waals surface area contributed by atoms with Crippen LogP contribution in [0.3, 0.4) is 0 Å². The molecule has 0 heterocycles. The van der Waals surface area contributed by atoms with Crippen LogP contribution in [0.4, 0.5) is 23.2 Å². The Balaban J connectivity index is 2.11. The summed E-state index contributed by atoms with van der Waals surface area (Å²) in [7, 11) is -1.19. The third kappa shape index (κ3) is 3.94. The van der Waals surface area contributed by atoms with E-state index in [9.17, 15) is 17.6 Å². The summed E-state index contributed by atoms with van der Waals surface area (Å²) in [6, 6.07) is 24.0. The van der Waals surface area contributed by atoms with Crippen molar-refractivity contribution < 1.29 is 17.6 Å². The van der Waals surface area contributed by atoms with Gasteiger partial charge in [-0.25, -0.2) is 22.2 Å². The molecule has 0 aliphatic rings. The molecule has 0 bridgehead atoms. The number of rotatable bonds is 5. The normalized spacial score (nSPS) is 11.4. The van der Waals surface area contributed by atoms with Gasteiger partial charge in [0.25, 0.3) is 0 Å². The summed E-state index contributed by atoms with van der Waals surface area (Å²) in [6.07, 6.45) is 0. The lowest BCUT2D eigenvalue weighted by atomic mass is 10.3. The van der Waals surface area contributed by atoms with E-state index in [1.807, 2.05) is 4.67 Å². The molecule has 0 fully saturated rings. The van der Waals surface area contributed by atoms with Gasteiger partial charge < -0.3 is 0 Å². The maximum atomic E-state index is 14.4. The zero-order valence-electron chi connectivity index (χ0n) is 16.6. The van der Waals surface area contributed by atoms with Crippen LogP contribution in [-0.2, 0) is 0 Å². The Morgan fingerprint density at radius 2 is 0.903 bits per heavy atom. The quantitative estimate of drug-likeness (QED) is 0.289. The molecule has 0 aromatic heterocycles. The van der Waals surface area contributed by atoms with Crippen LogP contribution in [0.2, 0.25) is 0 Å². The largest absolute Gasteiger partial charge is 0.237 e. The van der Waals surface area contributed by atoms with E-state index in [0.717, 1.165) is 0 Å². The van der Waals surface area contributed by atoms with Crippen molar-refractivity contribution in [3.8, 4) is 0 Å². The zero-order valence-corrected chi connectivity index (χ0v) is 17.5. The highest BCUT2D eigenvalue weighted by atomic mass is 31.2. The summed E-state index contributed by atoms with van der Waals surface area (Å²) in [5.41, 5.74) is 0.632. The van der Waals surface area contributed by atoms with Crippen LogP contribution in [0.25, 0.3) is 0 Å². The van der Waals surface area contributed by atoms with Crippen molar-refractivity contribution in [2.24, 2.45) is 0 Å². The average molecular weight is 440 g/mol. The minimum absolute atomic E-state index is 0.400. The van der Waals surface area contributed by atoms with Crippen LogP contribution in [0.5, 0.6) is 0 Å². The summed E-state index contributed by atoms with van der Waals surface area (Å²) in [5, 5.41) is 1.74. The van der Waals surface area contributed by atoms with Gasteiger partial charge in [-0.05, 0) is 60.7 Å². The lowest BCUT2D eigenvalue weighted by Crippen LogP contribution is -2.42. The van der Waals surface area contributed by atoms with Gasteiger partial charge >= 0.3 is 0 Å². The second-order valence-corrected chi connectivity index (χ2v) is 10.5. The van der Waals surface area contributed by atoms with Gasteiger partial charge in [-0.1, -0.05) is 18.2 Å². The molecule has 156 valence electrons. The Morgan fingerprint density at radius 3 is 1.26 bits per heavy atom. The van der Waals surface area contributed by atoms with Crippen molar-refractivity contribution in [3.63, 3.8) is 0 Å². The molecule has 0 aliphatic carbocycles. The highest BCUT2D eigenvalue weighted by Gasteiger charge is 2.51. The summed E-state index contributed by atoms with van der Waals surface area (Å²) < 4.78 is 58.7. The minimum atomic E-state index is -2.97. The molecule has 4 rings (SSSR count). The van der Waals surface area contributed by atoms with Gasteiger partial charge in [-0.2, -0.15) is 0 Å². The van der Waals surface area contributed by atoms with Crippen molar-refractivity contribution in [1.82, 2.24) is 0 Å². The molecule has 0 amide bonds. The molecule has 4 aromatic carbocycles. The van der Waals surface area contributed by atoms with Crippen LogP contribution in [0, 0.1) is 23.3 Å². The molecule has 4 aromatic rings. The third-order valence-corrected chi connectivity index (χ3v) is 9.40. The highest BCUT2D eigenvalue weighted by Crippen LogP contribution is 2.59. The summed E-state index contributed by atoms with van der Waals surface area (Å²) in [4.78, 5) is 0. The fourth-order valence-corrected chi connectivity index (χ4v) is 8.08. The smallest absolute Gasteiger partial charge is 0.202 e. The Kier molecular flexibility index (Phi) is 5.79. The number of anilines is 1. The second-order valence-electron chi connectivity index (χ2n) is 7.08. The highest BCUT2D eigenvalue weighted by molar-refractivity contribution is 7.96. The molecular weight excluding hydrogens is 421 g/mol. The van der Waals surface area contributed by atoms with E-state index >= 15 is 0 Å². The van der Waals surface area contributed by atoms with Gasteiger partial charge in [0.15, 0.2) is 0 Å². The maximum absolute atomic E-state index is 14.4. The van der Waals surface area contributed by atoms with Crippen LogP contribution < -0.4 is 20.6 Å². The van der Waals surface area contributed by atoms with E-state index in [-0.39, 0.29) is 0 Å².